The third-order valence-electron chi connectivity index (χ3n) is 3.55. The van der Waals surface area contributed by atoms with E-state index < -0.39 is 0 Å². The second-order valence-corrected chi connectivity index (χ2v) is 5.00. The second kappa shape index (κ2) is 7.15. The number of nitrogens with one attached hydrogen (secondary N) is 1. The molecule has 0 saturated carbocycles. The van der Waals surface area contributed by atoms with Crippen molar-refractivity contribution in [2.75, 3.05) is 13.6 Å². The van der Waals surface area contributed by atoms with Crippen LogP contribution in [0.15, 0.2) is 43.1 Å². The van der Waals surface area contributed by atoms with E-state index in [1.807, 2.05) is 13.1 Å². The van der Waals surface area contributed by atoms with Gasteiger partial charge in [-0.3, -0.25) is 0 Å². The number of hydrogen-bond donors (Lipinski definition) is 1. The highest BCUT2D eigenvalue weighted by atomic mass is 15.0. The Kier molecular flexibility index (Phi) is 5.22. The van der Waals surface area contributed by atoms with Crippen LogP contribution in [0.2, 0.25) is 0 Å². The van der Waals surface area contributed by atoms with E-state index in [0.717, 1.165) is 32.4 Å². The van der Waals surface area contributed by atoms with Gasteiger partial charge in [0, 0.05) is 23.6 Å². The lowest BCUT2D eigenvalue weighted by atomic mass is 10.1. The van der Waals surface area contributed by atoms with Gasteiger partial charge in [-0.15, -0.1) is 6.58 Å². The predicted octanol–water partition coefficient (Wildman–Crippen LogP) is 3.76. The number of para-hydroxylation sites is 1. The Hall–Kier alpha value is -1.54. The summed E-state index contributed by atoms with van der Waals surface area (Å²) in [7, 11) is 2.01. The van der Waals surface area contributed by atoms with E-state index in [4.69, 9.17) is 0 Å². The first-order valence-corrected chi connectivity index (χ1v) is 7.19. The first kappa shape index (κ1) is 13.9. The monoisotopic (exact) mass is 256 g/mol. The quantitative estimate of drug-likeness (QED) is 0.562. The van der Waals surface area contributed by atoms with Crippen LogP contribution < -0.4 is 5.32 Å². The van der Waals surface area contributed by atoms with Crippen LogP contribution in [0, 0.1) is 0 Å². The highest BCUT2D eigenvalue weighted by Crippen LogP contribution is 2.23. The van der Waals surface area contributed by atoms with E-state index in [-0.39, 0.29) is 0 Å². The van der Waals surface area contributed by atoms with Gasteiger partial charge in [0.1, 0.15) is 0 Å². The summed E-state index contributed by atoms with van der Waals surface area (Å²) in [6.45, 7) is 5.95. The number of aromatic nitrogens is 1. The molecule has 0 atom stereocenters. The minimum absolute atomic E-state index is 1.08. The minimum atomic E-state index is 1.08. The van der Waals surface area contributed by atoms with E-state index in [0.29, 0.717) is 0 Å². The second-order valence-electron chi connectivity index (χ2n) is 5.00. The van der Waals surface area contributed by atoms with Crippen molar-refractivity contribution >= 4 is 10.9 Å². The molecule has 0 amide bonds. The molecule has 0 saturated heterocycles. The Balaban J connectivity index is 2.18. The average molecular weight is 256 g/mol. The Labute approximate surface area is 116 Å². The Morgan fingerprint density at radius 3 is 2.89 bits per heavy atom. The highest BCUT2D eigenvalue weighted by molar-refractivity contribution is 5.83. The normalized spacial score (nSPS) is 11.0. The van der Waals surface area contributed by atoms with Crippen molar-refractivity contribution in [3.63, 3.8) is 0 Å². The molecule has 2 nitrogen and oxygen atoms in total. The van der Waals surface area contributed by atoms with Crippen molar-refractivity contribution in [2.45, 2.75) is 32.2 Å². The predicted molar refractivity (Wildman–Crippen MR) is 83.6 cm³/mol. The molecule has 0 unspecified atom stereocenters. The zero-order chi connectivity index (χ0) is 13.5. The summed E-state index contributed by atoms with van der Waals surface area (Å²) in [6.07, 6.45) is 8.93. The van der Waals surface area contributed by atoms with Gasteiger partial charge >= 0.3 is 0 Å². The van der Waals surface area contributed by atoms with Gasteiger partial charge in [0.15, 0.2) is 0 Å². The Bertz CT molecular complexity index is 525. The molecule has 0 radical (unpaired) electrons. The van der Waals surface area contributed by atoms with Crippen molar-refractivity contribution in [3.8, 4) is 0 Å². The number of rotatable bonds is 8. The smallest absolute Gasteiger partial charge is 0.0483 e. The molecular weight excluding hydrogens is 232 g/mol. The van der Waals surface area contributed by atoms with Gasteiger partial charge in [-0.2, -0.15) is 0 Å². The molecule has 2 rings (SSSR count). The molecule has 2 aromatic rings. The summed E-state index contributed by atoms with van der Waals surface area (Å²) in [5, 5.41) is 4.63. The molecule has 0 aliphatic heterocycles. The lowest BCUT2D eigenvalue weighted by molar-refractivity contribution is 0.666. The van der Waals surface area contributed by atoms with Crippen LogP contribution in [-0.4, -0.2) is 18.2 Å². The highest BCUT2D eigenvalue weighted by Gasteiger charge is 2.07. The number of aryl methyl sites for hydroxylation is 2. The molecule has 1 aromatic heterocycles. The van der Waals surface area contributed by atoms with E-state index in [1.165, 1.54) is 22.9 Å². The number of benzene rings is 1. The van der Waals surface area contributed by atoms with Crippen LogP contribution in [0.1, 0.15) is 24.8 Å². The summed E-state index contributed by atoms with van der Waals surface area (Å²) in [5.74, 6) is 0. The fourth-order valence-corrected chi connectivity index (χ4v) is 2.57. The minimum Gasteiger partial charge on any atom is -0.347 e. The van der Waals surface area contributed by atoms with Gasteiger partial charge in [0.05, 0.1) is 0 Å². The van der Waals surface area contributed by atoms with Gasteiger partial charge in [-0.25, -0.2) is 0 Å². The number of unbranched alkanes of at least 4 members (excludes halogenated alkanes) is 1. The van der Waals surface area contributed by atoms with Crippen LogP contribution in [0.25, 0.3) is 10.9 Å². The van der Waals surface area contributed by atoms with Crippen molar-refractivity contribution < 1.29 is 0 Å². The third kappa shape index (κ3) is 3.48. The number of fused-ring (bicyclic) bond motifs is 1. The first-order valence-electron chi connectivity index (χ1n) is 7.19. The summed E-state index contributed by atoms with van der Waals surface area (Å²) in [4.78, 5) is 0. The fraction of sp³-hybridized carbons (Fsp3) is 0.412. The molecule has 0 bridgehead atoms. The third-order valence-corrected chi connectivity index (χ3v) is 3.55. The van der Waals surface area contributed by atoms with Crippen LogP contribution in [-0.2, 0) is 13.0 Å². The molecule has 0 aliphatic carbocycles. The first-order chi connectivity index (χ1) is 9.36. The standard InChI is InChI=1S/C17H24N2/c1-3-4-7-13-19-14-15(9-8-12-18-2)16-10-5-6-11-17(16)19/h3,5-6,10-11,14,18H,1,4,7-9,12-13H2,2H3. The number of nitrogens with zero attached hydrogens (tertiary/aromatic N) is 1. The van der Waals surface area contributed by atoms with Gasteiger partial charge in [-0.05, 0) is 50.9 Å². The molecule has 102 valence electrons. The van der Waals surface area contributed by atoms with Crippen LogP contribution in [0.3, 0.4) is 0 Å². The van der Waals surface area contributed by atoms with Gasteiger partial charge in [-0.1, -0.05) is 24.3 Å². The van der Waals surface area contributed by atoms with Gasteiger partial charge in [0.25, 0.3) is 0 Å². The summed E-state index contributed by atoms with van der Waals surface area (Å²) in [6, 6.07) is 8.74. The lowest BCUT2D eigenvalue weighted by Crippen LogP contribution is -2.08. The Morgan fingerprint density at radius 1 is 1.26 bits per heavy atom. The maximum atomic E-state index is 3.79. The Morgan fingerprint density at radius 2 is 2.11 bits per heavy atom. The molecule has 0 spiro atoms. The molecule has 19 heavy (non-hydrogen) atoms. The molecule has 2 heteroatoms. The summed E-state index contributed by atoms with van der Waals surface area (Å²) < 4.78 is 2.40. The maximum absolute atomic E-state index is 3.79. The molecule has 1 aromatic carbocycles. The molecule has 0 aliphatic rings. The van der Waals surface area contributed by atoms with E-state index in [1.54, 1.807) is 0 Å². The van der Waals surface area contributed by atoms with E-state index >= 15 is 0 Å². The zero-order valence-corrected chi connectivity index (χ0v) is 11.9. The van der Waals surface area contributed by atoms with Gasteiger partial charge < -0.3 is 9.88 Å². The molecule has 1 N–H and O–H groups in total. The van der Waals surface area contributed by atoms with E-state index in [2.05, 4.69) is 46.9 Å². The maximum Gasteiger partial charge on any atom is 0.0483 e. The molecular formula is C17H24N2. The fourth-order valence-electron chi connectivity index (χ4n) is 2.57. The van der Waals surface area contributed by atoms with Crippen LogP contribution >= 0.6 is 0 Å². The van der Waals surface area contributed by atoms with Crippen LogP contribution in [0.4, 0.5) is 0 Å². The topological polar surface area (TPSA) is 17.0 Å². The van der Waals surface area contributed by atoms with Gasteiger partial charge in [0.2, 0.25) is 0 Å². The zero-order valence-electron chi connectivity index (χ0n) is 11.9. The molecule has 0 fully saturated rings. The van der Waals surface area contributed by atoms with Crippen molar-refractivity contribution in [1.29, 1.82) is 0 Å². The number of hydrogen-bond acceptors (Lipinski definition) is 1. The average Bonchev–Trinajstić information content (AvgIpc) is 2.79. The van der Waals surface area contributed by atoms with Crippen molar-refractivity contribution in [2.24, 2.45) is 0 Å². The summed E-state index contributed by atoms with van der Waals surface area (Å²) >= 11 is 0. The van der Waals surface area contributed by atoms with Crippen molar-refractivity contribution in [1.82, 2.24) is 9.88 Å². The largest absolute Gasteiger partial charge is 0.347 e. The molecule has 1 heterocycles. The summed E-state index contributed by atoms with van der Waals surface area (Å²) in [5.41, 5.74) is 2.84. The SMILES string of the molecule is C=CCCCn1cc(CCCNC)c2ccccc21. The lowest BCUT2D eigenvalue weighted by Gasteiger charge is -2.03. The van der Waals surface area contributed by atoms with Crippen molar-refractivity contribution in [3.05, 3.63) is 48.7 Å². The number of allylic oxidation sites excluding steroid dienone is 1. The van der Waals surface area contributed by atoms with E-state index in [9.17, 15) is 0 Å². The van der Waals surface area contributed by atoms with Crippen LogP contribution in [0.5, 0.6) is 0 Å².